The number of rotatable bonds is 6. The minimum Gasteiger partial charge on any atom is -0.504 e. The van der Waals surface area contributed by atoms with Crippen molar-refractivity contribution in [2.24, 2.45) is 4.99 Å². The lowest BCUT2D eigenvalue weighted by atomic mass is 10.2. The van der Waals surface area contributed by atoms with Gasteiger partial charge in [0.15, 0.2) is 23.2 Å². The number of aliphatic imine (C=N–C) groups is 1. The van der Waals surface area contributed by atoms with Crippen molar-refractivity contribution in [2.75, 3.05) is 39.3 Å². The van der Waals surface area contributed by atoms with E-state index in [1.807, 2.05) is 26.0 Å². The van der Waals surface area contributed by atoms with Gasteiger partial charge in [-0.1, -0.05) is 6.07 Å². The number of phenols is 1. The van der Waals surface area contributed by atoms with Crippen molar-refractivity contribution in [3.63, 3.8) is 0 Å². The van der Waals surface area contributed by atoms with Crippen LogP contribution >= 0.6 is 0 Å². The molecule has 1 aromatic heterocycles. The Kier molecular flexibility index (Phi) is 6.99. The third kappa shape index (κ3) is 5.22. The topological polar surface area (TPSA) is 90.5 Å². The summed E-state index contributed by atoms with van der Waals surface area (Å²) in [6.07, 6.45) is 1.51. The van der Waals surface area contributed by atoms with Crippen molar-refractivity contribution in [1.29, 1.82) is 0 Å². The molecule has 1 fully saturated rings. The molecule has 1 aromatic carbocycles. The lowest BCUT2D eigenvalue weighted by molar-refractivity contribution is 0.0657. The first-order valence-corrected chi connectivity index (χ1v) is 9.93. The van der Waals surface area contributed by atoms with Gasteiger partial charge >= 0.3 is 0 Å². The van der Waals surface area contributed by atoms with Crippen molar-refractivity contribution < 1.29 is 19.1 Å². The van der Waals surface area contributed by atoms with Gasteiger partial charge < -0.3 is 29.4 Å². The molecule has 1 saturated heterocycles. The van der Waals surface area contributed by atoms with Gasteiger partial charge in [0.1, 0.15) is 0 Å². The van der Waals surface area contributed by atoms with Gasteiger partial charge in [0, 0.05) is 32.7 Å². The number of aromatic hydroxyl groups is 1. The number of nitrogens with zero attached hydrogens (tertiary/aromatic N) is 3. The van der Waals surface area contributed by atoms with Gasteiger partial charge in [0.2, 0.25) is 0 Å². The largest absolute Gasteiger partial charge is 0.504 e. The molecule has 3 rings (SSSR count). The number of hydrogen-bond donors (Lipinski definition) is 2. The predicted molar refractivity (Wildman–Crippen MR) is 110 cm³/mol. The maximum Gasteiger partial charge on any atom is 0.289 e. The first-order chi connectivity index (χ1) is 14.1. The van der Waals surface area contributed by atoms with Crippen molar-refractivity contribution in [2.45, 2.75) is 20.4 Å². The van der Waals surface area contributed by atoms with Crippen LogP contribution in [-0.4, -0.2) is 66.1 Å². The van der Waals surface area contributed by atoms with E-state index in [9.17, 15) is 9.90 Å². The van der Waals surface area contributed by atoms with E-state index >= 15 is 0 Å². The maximum atomic E-state index is 12.4. The maximum absolute atomic E-state index is 12.4. The highest BCUT2D eigenvalue weighted by Crippen LogP contribution is 2.27. The predicted octanol–water partition coefficient (Wildman–Crippen LogP) is 2.31. The van der Waals surface area contributed by atoms with E-state index in [1.54, 1.807) is 23.1 Å². The van der Waals surface area contributed by atoms with Crippen LogP contribution in [0.3, 0.4) is 0 Å². The lowest BCUT2D eigenvalue weighted by Gasteiger charge is -2.36. The van der Waals surface area contributed by atoms with Crippen molar-refractivity contribution in [1.82, 2.24) is 15.1 Å². The Hall–Kier alpha value is -3.16. The summed E-state index contributed by atoms with van der Waals surface area (Å²) in [5.41, 5.74) is 0.952. The molecule has 2 heterocycles. The number of amides is 1. The molecule has 0 bridgehead atoms. The Labute approximate surface area is 170 Å². The van der Waals surface area contributed by atoms with Crippen molar-refractivity contribution in [3.8, 4) is 11.5 Å². The zero-order valence-electron chi connectivity index (χ0n) is 16.9. The van der Waals surface area contributed by atoms with Crippen LogP contribution in [0.15, 0.2) is 46.0 Å². The van der Waals surface area contributed by atoms with Crippen molar-refractivity contribution in [3.05, 3.63) is 47.9 Å². The highest BCUT2D eigenvalue weighted by atomic mass is 16.5. The summed E-state index contributed by atoms with van der Waals surface area (Å²) in [5, 5.41) is 13.2. The Morgan fingerprint density at radius 2 is 1.97 bits per heavy atom. The fourth-order valence-electron chi connectivity index (χ4n) is 3.20. The number of piperazine rings is 1. The quantitative estimate of drug-likeness (QED) is 0.571. The van der Waals surface area contributed by atoms with Crippen LogP contribution in [0, 0.1) is 0 Å². The molecule has 29 heavy (non-hydrogen) atoms. The summed E-state index contributed by atoms with van der Waals surface area (Å²) in [5.74, 6) is 1.70. The van der Waals surface area contributed by atoms with Crippen LogP contribution in [0.1, 0.15) is 30.0 Å². The van der Waals surface area contributed by atoms with Gasteiger partial charge in [-0.05, 0) is 43.7 Å². The lowest BCUT2D eigenvalue weighted by Crippen LogP contribution is -2.53. The number of nitrogens with one attached hydrogen (secondary N) is 1. The molecule has 156 valence electrons. The molecular formula is C21H28N4O4. The first-order valence-electron chi connectivity index (χ1n) is 9.93. The Morgan fingerprint density at radius 1 is 1.21 bits per heavy atom. The fourth-order valence-corrected chi connectivity index (χ4v) is 3.20. The summed E-state index contributed by atoms with van der Waals surface area (Å²) < 4.78 is 10.7. The molecule has 2 aromatic rings. The summed E-state index contributed by atoms with van der Waals surface area (Å²) >= 11 is 0. The smallest absolute Gasteiger partial charge is 0.289 e. The highest BCUT2D eigenvalue weighted by molar-refractivity contribution is 5.91. The molecule has 1 amide bonds. The third-order valence-corrected chi connectivity index (χ3v) is 4.67. The summed E-state index contributed by atoms with van der Waals surface area (Å²) in [4.78, 5) is 21.1. The summed E-state index contributed by atoms with van der Waals surface area (Å²) in [7, 11) is 0. The van der Waals surface area contributed by atoms with Crippen LogP contribution in [0.4, 0.5) is 0 Å². The van der Waals surface area contributed by atoms with Crippen LogP contribution in [-0.2, 0) is 6.54 Å². The van der Waals surface area contributed by atoms with E-state index in [4.69, 9.17) is 14.1 Å². The number of carbonyl (C=O) groups is 1. The Balaban J connectivity index is 1.63. The van der Waals surface area contributed by atoms with E-state index < -0.39 is 0 Å². The number of benzene rings is 1. The molecule has 0 saturated carbocycles. The Morgan fingerprint density at radius 3 is 2.62 bits per heavy atom. The second-order valence-electron chi connectivity index (χ2n) is 6.66. The minimum absolute atomic E-state index is 0.0795. The van der Waals surface area contributed by atoms with Gasteiger partial charge in [-0.2, -0.15) is 0 Å². The van der Waals surface area contributed by atoms with E-state index in [1.165, 1.54) is 6.26 Å². The fraction of sp³-hybridized carbons (Fsp3) is 0.429. The molecule has 8 nitrogen and oxygen atoms in total. The molecule has 2 N–H and O–H groups in total. The summed E-state index contributed by atoms with van der Waals surface area (Å²) in [6.45, 7) is 8.22. The van der Waals surface area contributed by atoms with Crippen LogP contribution in [0.2, 0.25) is 0 Å². The second kappa shape index (κ2) is 9.86. The van der Waals surface area contributed by atoms with Gasteiger partial charge in [0.05, 0.1) is 19.4 Å². The monoisotopic (exact) mass is 400 g/mol. The molecule has 8 heteroatoms. The SMILES string of the molecule is CCNC(=NCc1ccc(O)c(OCC)c1)N1CCN(C(=O)c2ccco2)CC1. The van der Waals surface area contributed by atoms with Gasteiger partial charge in [-0.3, -0.25) is 4.79 Å². The van der Waals surface area contributed by atoms with Gasteiger partial charge in [-0.15, -0.1) is 0 Å². The van der Waals surface area contributed by atoms with Crippen LogP contribution in [0.5, 0.6) is 11.5 Å². The van der Waals surface area contributed by atoms with Gasteiger partial charge in [-0.25, -0.2) is 4.99 Å². The highest BCUT2D eigenvalue weighted by Gasteiger charge is 2.25. The zero-order valence-corrected chi connectivity index (χ0v) is 16.9. The molecule has 1 aliphatic rings. The molecule has 0 aliphatic carbocycles. The van der Waals surface area contributed by atoms with Crippen molar-refractivity contribution >= 4 is 11.9 Å². The Bertz CT molecular complexity index is 827. The van der Waals surface area contributed by atoms with Gasteiger partial charge in [0.25, 0.3) is 5.91 Å². The minimum atomic E-state index is -0.0795. The third-order valence-electron chi connectivity index (χ3n) is 4.67. The van der Waals surface area contributed by atoms with Crippen LogP contribution < -0.4 is 10.1 Å². The first kappa shape index (κ1) is 20.6. The number of furan rings is 1. The standard InChI is InChI=1S/C21H28N4O4/c1-3-22-21(23-15-16-7-8-17(26)19(14-16)28-4-2)25-11-9-24(10-12-25)20(27)18-6-5-13-29-18/h5-8,13-14,26H,3-4,9-12,15H2,1-2H3,(H,22,23). The summed E-state index contributed by atoms with van der Waals surface area (Å²) in [6, 6.07) is 8.69. The molecule has 0 atom stereocenters. The number of carbonyl (C=O) groups excluding carboxylic acids is 1. The van der Waals surface area contributed by atoms with E-state index in [2.05, 4.69) is 10.2 Å². The second-order valence-corrected chi connectivity index (χ2v) is 6.66. The normalized spacial score (nSPS) is 14.8. The average Bonchev–Trinajstić information content (AvgIpc) is 3.28. The molecular weight excluding hydrogens is 372 g/mol. The average molecular weight is 400 g/mol. The zero-order chi connectivity index (χ0) is 20.6. The number of ether oxygens (including phenoxy) is 1. The van der Waals surface area contributed by atoms with Crippen LogP contribution in [0.25, 0.3) is 0 Å². The number of hydrogen-bond acceptors (Lipinski definition) is 5. The molecule has 0 radical (unpaired) electrons. The van der Waals surface area contributed by atoms with E-state index in [0.29, 0.717) is 50.8 Å². The van der Waals surface area contributed by atoms with E-state index in [0.717, 1.165) is 18.1 Å². The molecule has 1 aliphatic heterocycles. The van der Waals surface area contributed by atoms with E-state index in [-0.39, 0.29) is 11.7 Å². The molecule has 0 spiro atoms. The molecule has 0 unspecified atom stereocenters. The number of phenolic OH excluding ortho intramolecular Hbond substituents is 1. The number of guanidine groups is 1.